The van der Waals surface area contributed by atoms with Gasteiger partial charge in [-0.15, -0.1) is 0 Å². The Balaban J connectivity index is 1.62. The van der Waals surface area contributed by atoms with Crippen LogP contribution < -0.4 is 14.9 Å². The van der Waals surface area contributed by atoms with Crippen LogP contribution in [0.1, 0.15) is 64.4 Å². The zero-order valence-electron chi connectivity index (χ0n) is 25.1. The quantitative estimate of drug-likeness (QED) is 0.304. The number of benzene rings is 3. The van der Waals surface area contributed by atoms with Crippen LogP contribution >= 0.6 is 0 Å². The lowest BCUT2D eigenvalue weighted by atomic mass is 9.93. The van der Waals surface area contributed by atoms with Crippen LogP contribution in [0, 0.1) is 13.8 Å². The summed E-state index contributed by atoms with van der Waals surface area (Å²) in [6, 6.07) is 20.8. The molecule has 0 saturated heterocycles. The standard InChI is InChI=1S/C34H43N3O4S/c1-5-27-16-11-12-18-42(40,41)37(4)32-21-29(20-30(27)25(32)3)34(39)36-31(19-26-14-7-6-8-15-26)33(38)23-35-22-28-17-10-9-13-24(28)2/h6-10,13-17,20-21,31,33,35,38H,5,11-12,18-19,22-23H2,1-4H3,(H,36,39)/b27-16-/t31-,33+/m0/s1. The fourth-order valence-corrected chi connectivity index (χ4v) is 6.77. The first-order valence-corrected chi connectivity index (χ1v) is 16.3. The van der Waals surface area contributed by atoms with Crippen LogP contribution in [-0.4, -0.2) is 50.9 Å². The number of hydrogen-bond donors (Lipinski definition) is 3. The average Bonchev–Trinajstić information content (AvgIpc) is 2.97. The van der Waals surface area contributed by atoms with Crippen LogP contribution in [0.5, 0.6) is 0 Å². The molecular formula is C34H43N3O4S. The number of allylic oxidation sites excluding steroid dienone is 2. The zero-order valence-corrected chi connectivity index (χ0v) is 25.9. The van der Waals surface area contributed by atoms with Gasteiger partial charge in [0.2, 0.25) is 10.0 Å². The van der Waals surface area contributed by atoms with Gasteiger partial charge in [0.05, 0.1) is 23.6 Å². The Bertz CT molecular complexity index is 1520. The highest BCUT2D eigenvalue weighted by atomic mass is 32.2. The summed E-state index contributed by atoms with van der Waals surface area (Å²) in [5, 5.41) is 17.7. The predicted molar refractivity (Wildman–Crippen MR) is 171 cm³/mol. The van der Waals surface area contributed by atoms with Crippen molar-refractivity contribution >= 4 is 27.2 Å². The number of fused-ring (bicyclic) bond motifs is 2. The SMILES string of the molecule is CC/C1=C/CCCS(=O)(=O)N(C)c2cc(C(=O)N[C@@H](Cc3ccccc3)[C@H](O)CNCc3ccccc3C)cc1c2C. The first-order valence-electron chi connectivity index (χ1n) is 14.7. The average molecular weight is 590 g/mol. The number of aliphatic hydroxyl groups is 1. The number of nitrogens with one attached hydrogen (secondary N) is 2. The van der Waals surface area contributed by atoms with Crippen molar-refractivity contribution in [1.29, 1.82) is 0 Å². The number of rotatable bonds is 10. The molecular weight excluding hydrogens is 546 g/mol. The smallest absolute Gasteiger partial charge is 0.251 e. The summed E-state index contributed by atoms with van der Waals surface area (Å²) >= 11 is 0. The summed E-state index contributed by atoms with van der Waals surface area (Å²) in [7, 11) is -1.98. The third-order valence-electron chi connectivity index (χ3n) is 8.13. The number of nitrogens with zero attached hydrogens (tertiary/aromatic N) is 1. The van der Waals surface area contributed by atoms with Gasteiger partial charge in [-0.1, -0.05) is 67.6 Å². The van der Waals surface area contributed by atoms with E-state index in [1.54, 1.807) is 13.1 Å². The number of aliphatic hydroxyl groups excluding tert-OH is 1. The highest BCUT2D eigenvalue weighted by Gasteiger charge is 2.27. The second-order valence-corrected chi connectivity index (χ2v) is 13.2. The van der Waals surface area contributed by atoms with Gasteiger partial charge in [-0.05, 0) is 85.1 Å². The van der Waals surface area contributed by atoms with Crippen molar-refractivity contribution in [3.05, 3.63) is 106 Å². The van der Waals surface area contributed by atoms with Gasteiger partial charge in [-0.2, -0.15) is 0 Å². The zero-order chi connectivity index (χ0) is 30.3. The number of amides is 1. The molecule has 0 aliphatic carbocycles. The molecule has 224 valence electrons. The molecule has 0 saturated carbocycles. The Morgan fingerprint density at radius 3 is 2.48 bits per heavy atom. The van der Waals surface area contributed by atoms with Crippen molar-refractivity contribution in [1.82, 2.24) is 10.6 Å². The first kappa shape index (κ1) is 31.5. The fourth-order valence-electron chi connectivity index (χ4n) is 5.47. The molecule has 0 spiro atoms. The van der Waals surface area contributed by atoms with E-state index in [9.17, 15) is 18.3 Å². The minimum Gasteiger partial charge on any atom is -0.390 e. The van der Waals surface area contributed by atoms with Gasteiger partial charge in [0, 0.05) is 25.7 Å². The minimum absolute atomic E-state index is 0.0447. The van der Waals surface area contributed by atoms with Crippen molar-refractivity contribution in [3.8, 4) is 0 Å². The molecule has 4 rings (SSSR count). The molecule has 1 aliphatic rings. The molecule has 0 radical (unpaired) electrons. The molecule has 0 aromatic heterocycles. The lowest BCUT2D eigenvalue weighted by Crippen LogP contribution is -2.48. The molecule has 3 aromatic carbocycles. The minimum atomic E-state index is -3.54. The highest BCUT2D eigenvalue weighted by molar-refractivity contribution is 7.92. The Labute approximate surface area is 250 Å². The molecule has 1 aliphatic heterocycles. The van der Waals surface area contributed by atoms with Crippen molar-refractivity contribution < 1.29 is 18.3 Å². The van der Waals surface area contributed by atoms with Crippen molar-refractivity contribution in [2.45, 2.75) is 65.1 Å². The second kappa shape index (κ2) is 14.1. The molecule has 1 heterocycles. The van der Waals surface area contributed by atoms with Crippen LogP contribution in [-0.2, 0) is 23.0 Å². The van der Waals surface area contributed by atoms with Crippen LogP contribution in [0.3, 0.4) is 0 Å². The van der Waals surface area contributed by atoms with Crippen LogP contribution in [0.2, 0.25) is 0 Å². The Morgan fingerprint density at radius 1 is 1.05 bits per heavy atom. The summed E-state index contributed by atoms with van der Waals surface area (Å²) in [5.41, 5.74) is 6.99. The Kier molecular flexibility index (Phi) is 10.6. The van der Waals surface area contributed by atoms with E-state index in [0.29, 0.717) is 43.6 Å². The normalized spacial score (nSPS) is 17.5. The van der Waals surface area contributed by atoms with Gasteiger partial charge < -0.3 is 15.7 Å². The molecule has 3 aromatic rings. The summed E-state index contributed by atoms with van der Waals surface area (Å²) < 4.78 is 27.4. The lowest BCUT2D eigenvalue weighted by Gasteiger charge is -2.27. The van der Waals surface area contributed by atoms with Crippen LogP contribution in [0.4, 0.5) is 5.69 Å². The monoisotopic (exact) mass is 589 g/mol. The maximum atomic E-state index is 13.8. The van der Waals surface area contributed by atoms with E-state index in [0.717, 1.165) is 34.2 Å². The predicted octanol–water partition coefficient (Wildman–Crippen LogP) is 5.15. The molecule has 1 amide bonds. The lowest BCUT2D eigenvalue weighted by molar-refractivity contribution is 0.0830. The van der Waals surface area contributed by atoms with Crippen molar-refractivity contribution in [2.75, 3.05) is 23.7 Å². The molecule has 2 atom stereocenters. The summed E-state index contributed by atoms with van der Waals surface area (Å²) in [6.07, 6.45) is 3.65. The summed E-state index contributed by atoms with van der Waals surface area (Å²) in [5.74, 6) is -0.307. The molecule has 3 N–H and O–H groups in total. The Morgan fingerprint density at radius 2 is 1.76 bits per heavy atom. The molecule has 7 nitrogen and oxygen atoms in total. The molecule has 42 heavy (non-hydrogen) atoms. The van der Waals surface area contributed by atoms with Crippen molar-refractivity contribution in [3.63, 3.8) is 0 Å². The van der Waals surface area contributed by atoms with Crippen LogP contribution in [0.25, 0.3) is 5.57 Å². The van der Waals surface area contributed by atoms with E-state index in [4.69, 9.17) is 0 Å². The van der Waals surface area contributed by atoms with Gasteiger partial charge in [0.1, 0.15) is 0 Å². The van der Waals surface area contributed by atoms with E-state index < -0.39 is 22.2 Å². The van der Waals surface area contributed by atoms with Gasteiger partial charge in [-0.25, -0.2) is 8.42 Å². The van der Waals surface area contributed by atoms with Gasteiger partial charge in [0.15, 0.2) is 0 Å². The van der Waals surface area contributed by atoms with E-state index in [1.807, 2.05) is 55.5 Å². The molecule has 8 heteroatoms. The topological polar surface area (TPSA) is 98.7 Å². The number of carbonyl (C=O) groups excluding carboxylic acids is 1. The summed E-state index contributed by atoms with van der Waals surface area (Å²) in [6.45, 7) is 6.93. The first-order chi connectivity index (χ1) is 20.1. The fraction of sp³-hybridized carbons (Fsp3) is 0.382. The third kappa shape index (κ3) is 7.68. The maximum absolute atomic E-state index is 13.8. The number of sulfonamides is 1. The van der Waals surface area contributed by atoms with E-state index >= 15 is 0 Å². The Hall–Kier alpha value is -3.46. The maximum Gasteiger partial charge on any atom is 0.251 e. The van der Waals surface area contributed by atoms with E-state index in [2.05, 4.69) is 42.7 Å². The second-order valence-electron chi connectivity index (χ2n) is 11.1. The number of aryl methyl sites for hydroxylation is 1. The number of anilines is 1. The highest BCUT2D eigenvalue weighted by Crippen LogP contribution is 2.33. The third-order valence-corrected chi connectivity index (χ3v) is 9.97. The largest absolute Gasteiger partial charge is 0.390 e. The molecule has 2 bridgehead atoms. The van der Waals surface area contributed by atoms with Crippen LogP contribution in [0.15, 0.2) is 72.8 Å². The van der Waals surface area contributed by atoms with Gasteiger partial charge in [-0.3, -0.25) is 9.10 Å². The van der Waals surface area contributed by atoms with E-state index in [-0.39, 0.29) is 11.7 Å². The number of hydrogen-bond acceptors (Lipinski definition) is 5. The number of carbonyl (C=O) groups is 1. The van der Waals surface area contributed by atoms with E-state index in [1.165, 1.54) is 9.87 Å². The van der Waals surface area contributed by atoms with Gasteiger partial charge >= 0.3 is 0 Å². The molecule has 0 unspecified atom stereocenters. The van der Waals surface area contributed by atoms with Gasteiger partial charge in [0.25, 0.3) is 5.91 Å². The summed E-state index contributed by atoms with van der Waals surface area (Å²) in [4.78, 5) is 13.8. The van der Waals surface area contributed by atoms with Crippen molar-refractivity contribution in [2.24, 2.45) is 0 Å². The molecule has 0 fully saturated rings.